The zero-order valence-electron chi connectivity index (χ0n) is 16.3. The van der Waals surface area contributed by atoms with Crippen molar-refractivity contribution < 1.29 is 4.21 Å². The second-order valence-corrected chi connectivity index (χ2v) is 9.24. The number of hydrogen-bond acceptors (Lipinski definition) is 1. The quantitative estimate of drug-likeness (QED) is 0.310. The van der Waals surface area contributed by atoms with Crippen LogP contribution in [0.5, 0.6) is 0 Å². The lowest BCUT2D eigenvalue weighted by Crippen LogP contribution is -1.94. The van der Waals surface area contributed by atoms with E-state index in [4.69, 9.17) is 0 Å². The molecular weight excluding hydrogens is 374 g/mol. The zero-order valence-corrected chi connectivity index (χ0v) is 17.1. The second-order valence-electron chi connectivity index (χ2n) is 7.82. The molecule has 5 aromatic rings. The number of rotatable bonds is 1. The van der Waals surface area contributed by atoms with Crippen molar-refractivity contribution in [3.05, 3.63) is 90.0 Å². The predicted molar refractivity (Wildman–Crippen MR) is 120 cm³/mol. The molecule has 1 unspecified atom stereocenters. The average Bonchev–Trinajstić information content (AvgIpc) is 3.20. The number of aromatic nitrogens is 1. The smallest absolute Gasteiger partial charge is 0.0863 e. The Kier molecular flexibility index (Phi) is 3.42. The Hall–Kier alpha value is -3.17. The van der Waals surface area contributed by atoms with E-state index in [0.29, 0.717) is 0 Å². The molecule has 0 radical (unpaired) electrons. The van der Waals surface area contributed by atoms with Gasteiger partial charge in [-0.1, -0.05) is 48.0 Å². The molecule has 0 amide bonds. The molecule has 0 bridgehead atoms. The predicted octanol–water partition coefficient (Wildman–Crippen LogP) is 6.55. The minimum Gasteiger partial charge on any atom is -0.309 e. The number of benzene rings is 4. The normalized spacial score (nSPS) is 15.0. The van der Waals surface area contributed by atoms with Crippen molar-refractivity contribution in [2.45, 2.75) is 23.6 Å². The van der Waals surface area contributed by atoms with Gasteiger partial charge in [-0.3, -0.25) is 0 Å². The summed E-state index contributed by atoms with van der Waals surface area (Å²) in [5, 5.41) is 2.42. The summed E-state index contributed by atoms with van der Waals surface area (Å²) >= 11 is 0. The van der Waals surface area contributed by atoms with E-state index in [1.807, 2.05) is 0 Å². The number of para-hydroxylation sites is 1. The highest BCUT2D eigenvalue weighted by atomic mass is 32.2. The summed E-state index contributed by atoms with van der Waals surface area (Å²) in [6.07, 6.45) is 0. The molecule has 0 saturated carbocycles. The highest BCUT2D eigenvalue weighted by Gasteiger charge is 2.27. The van der Waals surface area contributed by atoms with Crippen LogP contribution in [0.2, 0.25) is 0 Å². The van der Waals surface area contributed by atoms with E-state index in [9.17, 15) is 4.21 Å². The lowest BCUT2D eigenvalue weighted by molar-refractivity contribution is 0.685. The standard InChI is InChI=1S/C26H19NOS/c1-16-7-10-18(11-8-16)27-23-6-4-3-5-19(23)21-14-22-20-12-9-17(2)13-25(20)29(28)26(22)15-24(21)27/h3-15H,1-2H3. The van der Waals surface area contributed by atoms with Crippen molar-refractivity contribution in [1.82, 2.24) is 4.57 Å². The van der Waals surface area contributed by atoms with E-state index < -0.39 is 10.8 Å². The third kappa shape index (κ3) is 2.31. The van der Waals surface area contributed by atoms with Crippen LogP contribution in [0, 0.1) is 13.8 Å². The molecule has 3 heteroatoms. The maximum atomic E-state index is 13.3. The molecule has 1 aromatic heterocycles. The van der Waals surface area contributed by atoms with Crippen LogP contribution in [0.15, 0.2) is 88.7 Å². The molecule has 0 N–H and O–H groups in total. The van der Waals surface area contributed by atoms with Gasteiger partial charge in [0.2, 0.25) is 0 Å². The highest BCUT2D eigenvalue weighted by Crippen LogP contribution is 2.45. The minimum atomic E-state index is -1.14. The average molecular weight is 394 g/mol. The van der Waals surface area contributed by atoms with Gasteiger partial charge in [-0.25, -0.2) is 4.21 Å². The van der Waals surface area contributed by atoms with Crippen molar-refractivity contribution >= 4 is 32.6 Å². The number of fused-ring (bicyclic) bond motifs is 6. The van der Waals surface area contributed by atoms with Crippen LogP contribution in [0.1, 0.15) is 11.1 Å². The summed E-state index contributed by atoms with van der Waals surface area (Å²) in [5.74, 6) is 0. The van der Waals surface area contributed by atoms with Gasteiger partial charge in [-0.05, 0) is 61.4 Å². The van der Waals surface area contributed by atoms with Gasteiger partial charge in [0.15, 0.2) is 0 Å². The third-order valence-corrected chi connectivity index (χ3v) is 7.37. The number of nitrogens with zero attached hydrogens (tertiary/aromatic N) is 1. The first-order chi connectivity index (χ1) is 14.1. The molecule has 140 valence electrons. The van der Waals surface area contributed by atoms with Crippen LogP contribution in [0.4, 0.5) is 0 Å². The van der Waals surface area contributed by atoms with Gasteiger partial charge < -0.3 is 4.57 Å². The lowest BCUT2D eigenvalue weighted by atomic mass is 10.0. The Morgan fingerprint density at radius 3 is 2.21 bits per heavy atom. The summed E-state index contributed by atoms with van der Waals surface area (Å²) in [5.41, 5.74) is 7.97. The van der Waals surface area contributed by atoms with Crippen LogP contribution >= 0.6 is 0 Å². The van der Waals surface area contributed by atoms with E-state index in [1.54, 1.807) is 0 Å². The van der Waals surface area contributed by atoms with Crippen molar-refractivity contribution in [3.63, 3.8) is 0 Å². The fraction of sp³-hybridized carbons (Fsp3) is 0.0769. The SMILES string of the molecule is Cc1ccc(-n2c3ccccc3c3cc4c(cc32)S(=O)c2cc(C)ccc2-4)cc1. The van der Waals surface area contributed by atoms with Gasteiger partial charge in [-0.2, -0.15) is 0 Å². The van der Waals surface area contributed by atoms with Crippen LogP contribution < -0.4 is 0 Å². The molecule has 0 saturated heterocycles. The molecular formula is C26H19NOS. The summed E-state index contributed by atoms with van der Waals surface area (Å²) in [7, 11) is -1.14. The topological polar surface area (TPSA) is 22.0 Å². The monoisotopic (exact) mass is 393 g/mol. The Morgan fingerprint density at radius 1 is 0.655 bits per heavy atom. The van der Waals surface area contributed by atoms with Gasteiger partial charge >= 0.3 is 0 Å². The van der Waals surface area contributed by atoms with E-state index >= 15 is 0 Å². The van der Waals surface area contributed by atoms with Crippen LogP contribution in [0.3, 0.4) is 0 Å². The summed E-state index contributed by atoms with van der Waals surface area (Å²) in [4.78, 5) is 1.84. The molecule has 1 aliphatic rings. The third-order valence-electron chi connectivity index (χ3n) is 5.89. The maximum absolute atomic E-state index is 13.3. The van der Waals surface area contributed by atoms with Crippen molar-refractivity contribution in [3.8, 4) is 16.8 Å². The molecule has 6 rings (SSSR count). The molecule has 0 aliphatic carbocycles. The first kappa shape index (κ1) is 16.8. The molecule has 1 aliphatic heterocycles. The van der Waals surface area contributed by atoms with E-state index in [1.165, 1.54) is 21.9 Å². The summed E-state index contributed by atoms with van der Waals surface area (Å²) in [6.45, 7) is 4.15. The maximum Gasteiger partial charge on any atom is 0.0863 e. The Labute approximate surface area is 171 Å². The molecule has 0 fully saturated rings. The molecule has 29 heavy (non-hydrogen) atoms. The number of aryl methyl sites for hydroxylation is 2. The highest BCUT2D eigenvalue weighted by molar-refractivity contribution is 7.85. The van der Waals surface area contributed by atoms with Crippen LogP contribution in [-0.2, 0) is 10.8 Å². The molecule has 2 nitrogen and oxygen atoms in total. The molecule has 2 heterocycles. The van der Waals surface area contributed by atoms with Crippen molar-refractivity contribution in [2.24, 2.45) is 0 Å². The van der Waals surface area contributed by atoms with E-state index in [2.05, 4.69) is 97.3 Å². The van der Waals surface area contributed by atoms with Gasteiger partial charge in [0.05, 0.1) is 31.6 Å². The van der Waals surface area contributed by atoms with Gasteiger partial charge in [-0.15, -0.1) is 0 Å². The van der Waals surface area contributed by atoms with Gasteiger partial charge in [0.1, 0.15) is 0 Å². The second kappa shape index (κ2) is 5.91. The first-order valence-electron chi connectivity index (χ1n) is 9.79. The Bertz CT molecular complexity index is 1470. The summed E-state index contributed by atoms with van der Waals surface area (Å²) < 4.78 is 15.6. The van der Waals surface area contributed by atoms with Gasteiger partial charge in [0.25, 0.3) is 0 Å². The van der Waals surface area contributed by atoms with Crippen LogP contribution in [-0.4, -0.2) is 8.78 Å². The van der Waals surface area contributed by atoms with E-state index in [-0.39, 0.29) is 0 Å². The fourth-order valence-corrected chi connectivity index (χ4v) is 5.95. The largest absolute Gasteiger partial charge is 0.309 e. The van der Waals surface area contributed by atoms with Gasteiger partial charge in [0, 0.05) is 22.0 Å². The number of hydrogen-bond donors (Lipinski definition) is 0. The lowest BCUT2D eigenvalue weighted by Gasteiger charge is -2.09. The first-order valence-corrected chi connectivity index (χ1v) is 10.9. The molecule has 4 aromatic carbocycles. The summed E-state index contributed by atoms with van der Waals surface area (Å²) in [6, 6.07) is 27.7. The van der Waals surface area contributed by atoms with E-state index in [0.717, 1.165) is 37.7 Å². The fourth-order valence-electron chi connectivity index (χ4n) is 4.46. The zero-order chi connectivity index (χ0) is 19.7. The molecule has 1 atom stereocenters. The van der Waals surface area contributed by atoms with Crippen LogP contribution in [0.25, 0.3) is 38.6 Å². The minimum absolute atomic E-state index is 0.911. The molecule has 0 spiro atoms. The van der Waals surface area contributed by atoms with Crippen molar-refractivity contribution in [1.29, 1.82) is 0 Å². The van der Waals surface area contributed by atoms with Crippen molar-refractivity contribution in [2.75, 3.05) is 0 Å². The Morgan fingerprint density at radius 2 is 1.38 bits per heavy atom. The Balaban J connectivity index is 1.74.